The van der Waals surface area contributed by atoms with Gasteiger partial charge in [-0.15, -0.1) is 0 Å². The average Bonchev–Trinajstić information content (AvgIpc) is 2.23. The minimum Gasteiger partial charge on any atom is -0.396 e. The van der Waals surface area contributed by atoms with Crippen molar-refractivity contribution in [3.63, 3.8) is 0 Å². The fraction of sp³-hybridized carbons (Fsp3) is 0.733. The summed E-state index contributed by atoms with van der Waals surface area (Å²) in [7, 11) is 0. The summed E-state index contributed by atoms with van der Waals surface area (Å²) in [6, 6.07) is 0. The topological polar surface area (TPSA) is 20.2 Å². The van der Waals surface area contributed by atoms with E-state index in [0.717, 1.165) is 0 Å². The third-order valence-corrected chi connectivity index (χ3v) is 4.26. The zero-order chi connectivity index (χ0) is 12.3. The normalized spacial score (nSPS) is 23.8. The minimum absolute atomic E-state index is 0.0396. The maximum Gasteiger partial charge on any atom is 0.0484 e. The molecule has 1 aliphatic rings. The van der Waals surface area contributed by atoms with E-state index in [-0.39, 0.29) is 12.0 Å². The molecular formula is C15H26O. The zero-order valence-corrected chi connectivity index (χ0v) is 11.4. The molecule has 1 N–H and O–H groups in total. The smallest absolute Gasteiger partial charge is 0.0484 e. The van der Waals surface area contributed by atoms with Gasteiger partial charge in [-0.3, -0.25) is 0 Å². The van der Waals surface area contributed by atoms with Crippen molar-refractivity contribution in [1.82, 2.24) is 0 Å². The van der Waals surface area contributed by atoms with Gasteiger partial charge in [0.1, 0.15) is 0 Å². The van der Waals surface area contributed by atoms with Crippen molar-refractivity contribution >= 4 is 0 Å². The molecule has 2 atom stereocenters. The van der Waals surface area contributed by atoms with Crippen LogP contribution in [0.3, 0.4) is 0 Å². The molecule has 0 radical (unpaired) electrons. The van der Waals surface area contributed by atoms with E-state index in [4.69, 9.17) is 0 Å². The minimum atomic E-state index is 0.0396. The predicted octanol–water partition coefficient (Wildman–Crippen LogP) is 3.94. The molecular weight excluding hydrogens is 196 g/mol. The lowest BCUT2D eigenvalue weighted by atomic mass is 9.74. The molecule has 1 aliphatic carbocycles. The Morgan fingerprint density at radius 1 is 1.44 bits per heavy atom. The third-order valence-electron chi connectivity index (χ3n) is 4.26. The second-order valence-electron chi connectivity index (χ2n) is 6.07. The van der Waals surface area contributed by atoms with E-state index in [1.807, 2.05) is 0 Å². The summed E-state index contributed by atoms with van der Waals surface area (Å²) in [5, 5.41) is 9.36. The van der Waals surface area contributed by atoms with E-state index in [0.29, 0.717) is 11.8 Å². The van der Waals surface area contributed by atoms with Crippen LogP contribution in [0, 0.1) is 17.3 Å². The Labute approximate surface area is 100 Å². The third kappa shape index (κ3) is 3.21. The average molecular weight is 222 g/mol. The van der Waals surface area contributed by atoms with Crippen molar-refractivity contribution in [3.8, 4) is 0 Å². The molecule has 2 unspecified atom stereocenters. The van der Waals surface area contributed by atoms with Crippen LogP contribution in [0.2, 0.25) is 0 Å². The van der Waals surface area contributed by atoms with Crippen molar-refractivity contribution in [2.24, 2.45) is 17.3 Å². The first-order valence-corrected chi connectivity index (χ1v) is 6.32. The van der Waals surface area contributed by atoms with Crippen LogP contribution in [-0.2, 0) is 0 Å². The summed E-state index contributed by atoms with van der Waals surface area (Å²) in [5.41, 5.74) is 2.98. The Morgan fingerprint density at radius 2 is 2.06 bits per heavy atom. The number of aliphatic hydroxyl groups excluding tert-OH is 1. The number of rotatable bonds is 4. The van der Waals surface area contributed by atoms with Gasteiger partial charge in [-0.05, 0) is 43.9 Å². The Kier molecular flexibility index (Phi) is 4.37. The highest BCUT2D eigenvalue weighted by Crippen LogP contribution is 2.35. The lowest BCUT2D eigenvalue weighted by molar-refractivity contribution is 0.0938. The zero-order valence-electron chi connectivity index (χ0n) is 11.4. The molecule has 0 fully saturated rings. The number of allylic oxidation sites excluding steroid dienone is 4. The maximum absolute atomic E-state index is 9.36. The highest BCUT2D eigenvalue weighted by molar-refractivity contribution is 5.27. The summed E-state index contributed by atoms with van der Waals surface area (Å²) in [6.45, 7) is 11.2. The molecule has 0 aromatic heterocycles. The van der Waals surface area contributed by atoms with E-state index in [1.54, 1.807) is 0 Å². The van der Waals surface area contributed by atoms with Crippen LogP contribution in [0.25, 0.3) is 0 Å². The van der Waals surface area contributed by atoms with Gasteiger partial charge < -0.3 is 5.11 Å². The highest BCUT2D eigenvalue weighted by Gasteiger charge is 2.27. The van der Waals surface area contributed by atoms with Crippen molar-refractivity contribution in [2.75, 3.05) is 6.61 Å². The van der Waals surface area contributed by atoms with Crippen LogP contribution in [0.4, 0.5) is 0 Å². The molecule has 0 aromatic carbocycles. The largest absolute Gasteiger partial charge is 0.396 e. The number of aliphatic hydroxyl groups is 1. The number of hydrogen-bond acceptors (Lipinski definition) is 1. The molecule has 0 bridgehead atoms. The van der Waals surface area contributed by atoms with Crippen LogP contribution in [0.5, 0.6) is 0 Å². The highest BCUT2D eigenvalue weighted by atomic mass is 16.3. The van der Waals surface area contributed by atoms with Crippen molar-refractivity contribution in [1.29, 1.82) is 0 Å². The SMILES string of the molecule is CC1=C(C)CC(CC(C)C(C)(C)CO)C=C1. The molecule has 0 aliphatic heterocycles. The molecule has 1 nitrogen and oxygen atoms in total. The quantitative estimate of drug-likeness (QED) is 0.763. The van der Waals surface area contributed by atoms with Crippen molar-refractivity contribution in [3.05, 3.63) is 23.3 Å². The Bertz CT molecular complexity index is 297. The van der Waals surface area contributed by atoms with Gasteiger partial charge >= 0.3 is 0 Å². The van der Waals surface area contributed by atoms with E-state index in [2.05, 4.69) is 46.8 Å². The van der Waals surface area contributed by atoms with E-state index in [9.17, 15) is 5.11 Å². The number of hydrogen-bond donors (Lipinski definition) is 1. The van der Waals surface area contributed by atoms with E-state index in [1.165, 1.54) is 24.0 Å². The molecule has 0 heterocycles. The Hall–Kier alpha value is -0.560. The van der Waals surface area contributed by atoms with Gasteiger partial charge in [-0.1, -0.05) is 44.1 Å². The summed E-state index contributed by atoms with van der Waals surface area (Å²) in [5.74, 6) is 1.21. The molecule has 1 rings (SSSR count). The monoisotopic (exact) mass is 222 g/mol. The van der Waals surface area contributed by atoms with Crippen molar-refractivity contribution < 1.29 is 5.11 Å². The molecule has 1 heteroatoms. The first-order valence-electron chi connectivity index (χ1n) is 6.32. The molecule has 92 valence electrons. The molecule has 0 saturated heterocycles. The van der Waals surface area contributed by atoms with Crippen LogP contribution >= 0.6 is 0 Å². The molecule has 0 amide bonds. The van der Waals surface area contributed by atoms with Crippen LogP contribution < -0.4 is 0 Å². The molecule has 0 spiro atoms. The van der Waals surface area contributed by atoms with Crippen LogP contribution in [0.15, 0.2) is 23.3 Å². The molecule has 16 heavy (non-hydrogen) atoms. The summed E-state index contributed by atoms with van der Waals surface area (Å²) in [6.07, 6.45) is 6.96. The van der Waals surface area contributed by atoms with Gasteiger partial charge in [0.2, 0.25) is 0 Å². The molecule has 0 saturated carbocycles. The second-order valence-corrected chi connectivity index (χ2v) is 6.07. The van der Waals surface area contributed by atoms with Crippen molar-refractivity contribution in [2.45, 2.75) is 47.5 Å². The van der Waals surface area contributed by atoms with E-state index < -0.39 is 0 Å². The standard InChI is InChI=1S/C15H26O/c1-11-6-7-14(8-12(11)2)9-13(3)15(4,5)10-16/h6-7,13-14,16H,8-10H2,1-5H3. The van der Waals surface area contributed by atoms with Crippen LogP contribution in [-0.4, -0.2) is 11.7 Å². The lowest BCUT2D eigenvalue weighted by Gasteiger charge is -2.32. The van der Waals surface area contributed by atoms with Gasteiger partial charge in [-0.25, -0.2) is 0 Å². The van der Waals surface area contributed by atoms with Gasteiger partial charge in [0.05, 0.1) is 0 Å². The van der Waals surface area contributed by atoms with Gasteiger partial charge in [0, 0.05) is 6.61 Å². The fourth-order valence-corrected chi connectivity index (χ4v) is 2.14. The predicted molar refractivity (Wildman–Crippen MR) is 70.3 cm³/mol. The lowest BCUT2D eigenvalue weighted by Crippen LogP contribution is -2.27. The second kappa shape index (κ2) is 5.18. The summed E-state index contributed by atoms with van der Waals surface area (Å²) < 4.78 is 0. The van der Waals surface area contributed by atoms with Crippen LogP contribution in [0.1, 0.15) is 47.5 Å². The molecule has 0 aromatic rings. The Morgan fingerprint density at radius 3 is 2.56 bits per heavy atom. The first kappa shape index (κ1) is 13.5. The Balaban J connectivity index is 2.56. The summed E-state index contributed by atoms with van der Waals surface area (Å²) >= 11 is 0. The van der Waals surface area contributed by atoms with E-state index >= 15 is 0 Å². The fourth-order valence-electron chi connectivity index (χ4n) is 2.14. The first-order chi connectivity index (χ1) is 7.36. The maximum atomic E-state index is 9.36. The van der Waals surface area contributed by atoms with Gasteiger partial charge in [-0.2, -0.15) is 0 Å². The van der Waals surface area contributed by atoms with Gasteiger partial charge in [0.25, 0.3) is 0 Å². The summed E-state index contributed by atoms with van der Waals surface area (Å²) in [4.78, 5) is 0. The van der Waals surface area contributed by atoms with Gasteiger partial charge in [0.15, 0.2) is 0 Å².